The zero-order valence-corrected chi connectivity index (χ0v) is 9.07. The molecular formula is C13H13N3. The first-order chi connectivity index (χ1) is 7.74. The molecule has 0 saturated heterocycles. The van der Waals surface area contributed by atoms with Crippen LogP contribution in [0.4, 0.5) is 0 Å². The number of nitrogens with one attached hydrogen (secondary N) is 1. The number of nitrogens with two attached hydrogens (primary N) is 1. The first-order valence-electron chi connectivity index (χ1n) is 5.38. The van der Waals surface area contributed by atoms with Gasteiger partial charge in [0.25, 0.3) is 0 Å². The van der Waals surface area contributed by atoms with Crippen LogP contribution in [-0.2, 0) is 0 Å². The molecule has 0 amide bonds. The van der Waals surface area contributed by atoms with E-state index in [9.17, 15) is 0 Å². The van der Waals surface area contributed by atoms with Crippen molar-refractivity contribution < 1.29 is 0 Å². The van der Waals surface area contributed by atoms with E-state index < -0.39 is 0 Å². The summed E-state index contributed by atoms with van der Waals surface area (Å²) in [6.45, 7) is 1.93. The predicted molar refractivity (Wildman–Crippen MR) is 66.2 cm³/mol. The highest BCUT2D eigenvalue weighted by Gasteiger charge is 2.07. The summed E-state index contributed by atoms with van der Waals surface area (Å²) in [5, 5.41) is 2.42. The lowest BCUT2D eigenvalue weighted by molar-refractivity contribution is 0.760. The zero-order valence-electron chi connectivity index (χ0n) is 9.07. The monoisotopic (exact) mass is 211 g/mol. The number of rotatable bonds is 1. The first kappa shape index (κ1) is 9.36. The molecule has 0 bridgehead atoms. The van der Waals surface area contributed by atoms with Gasteiger partial charge in [0.1, 0.15) is 5.82 Å². The van der Waals surface area contributed by atoms with Crippen LogP contribution >= 0.6 is 0 Å². The minimum absolute atomic E-state index is 0.0597. The number of aromatic nitrogens is 2. The van der Waals surface area contributed by atoms with Gasteiger partial charge >= 0.3 is 0 Å². The molecule has 0 saturated carbocycles. The van der Waals surface area contributed by atoms with Crippen molar-refractivity contribution in [2.45, 2.75) is 13.0 Å². The molecule has 80 valence electrons. The molecule has 1 aromatic heterocycles. The maximum Gasteiger partial charge on any atom is 0.123 e. The van der Waals surface area contributed by atoms with Gasteiger partial charge in [-0.15, -0.1) is 0 Å². The SMILES string of the molecule is C[C@@H](N)c1nc2cc3ccccc3cc2[nH]1. The first-order valence-corrected chi connectivity index (χ1v) is 5.38. The fourth-order valence-corrected chi connectivity index (χ4v) is 1.93. The summed E-state index contributed by atoms with van der Waals surface area (Å²) in [5.41, 5.74) is 7.83. The Hall–Kier alpha value is -1.87. The van der Waals surface area contributed by atoms with Crippen LogP contribution in [0.5, 0.6) is 0 Å². The minimum atomic E-state index is -0.0597. The smallest absolute Gasteiger partial charge is 0.123 e. The average Bonchev–Trinajstić information content (AvgIpc) is 2.68. The Balaban J connectivity index is 2.34. The molecule has 3 aromatic rings. The Bertz CT molecular complexity index is 600. The van der Waals surface area contributed by atoms with Gasteiger partial charge in [-0.25, -0.2) is 4.98 Å². The van der Waals surface area contributed by atoms with Crippen LogP contribution in [0.1, 0.15) is 18.8 Å². The summed E-state index contributed by atoms with van der Waals surface area (Å²) in [6.07, 6.45) is 0. The standard InChI is InChI=1S/C13H13N3/c1-8(14)13-15-11-6-9-4-2-3-5-10(9)7-12(11)16-13/h2-8H,14H2,1H3,(H,15,16)/t8-/m1/s1. The van der Waals surface area contributed by atoms with E-state index in [1.807, 2.05) is 19.1 Å². The molecule has 0 aliphatic heterocycles. The van der Waals surface area contributed by atoms with Gasteiger partial charge in [-0.3, -0.25) is 0 Å². The van der Waals surface area contributed by atoms with Gasteiger partial charge in [0.2, 0.25) is 0 Å². The average molecular weight is 211 g/mol. The van der Waals surface area contributed by atoms with E-state index in [1.165, 1.54) is 10.8 Å². The second kappa shape index (κ2) is 3.32. The van der Waals surface area contributed by atoms with E-state index in [1.54, 1.807) is 0 Å². The normalized spacial score (nSPS) is 13.4. The molecule has 3 rings (SSSR count). The zero-order chi connectivity index (χ0) is 11.1. The third-order valence-electron chi connectivity index (χ3n) is 2.80. The van der Waals surface area contributed by atoms with Crippen LogP contribution in [0.2, 0.25) is 0 Å². The van der Waals surface area contributed by atoms with Gasteiger partial charge in [-0.2, -0.15) is 0 Å². The molecule has 1 atom stereocenters. The molecule has 0 fully saturated rings. The Morgan fingerprint density at radius 2 is 1.88 bits per heavy atom. The van der Waals surface area contributed by atoms with Crippen molar-refractivity contribution in [3.05, 3.63) is 42.2 Å². The predicted octanol–water partition coefficient (Wildman–Crippen LogP) is 2.74. The maximum atomic E-state index is 5.81. The van der Waals surface area contributed by atoms with Crippen LogP contribution in [0, 0.1) is 0 Å². The molecule has 0 spiro atoms. The second-order valence-electron chi connectivity index (χ2n) is 4.13. The van der Waals surface area contributed by atoms with E-state index >= 15 is 0 Å². The summed E-state index contributed by atoms with van der Waals surface area (Å²) >= 11 is 0. The highest BCUT2D eigenvalue weighted by atomic mass is 15.0. The molecule has 0 aliphatic rings. The lowest BCUT2D eigenvalue weighted by Crippen LogP contribution is -2.06. The molecular weight excluding hydrogens is 198 g/mol. The van der Waals surface area contributed by atoms with Crippen LogP contribution in [0.15, 0.2) is 36.4 Å². The van der Waals surface area contributed by atoms with Crippen molar-refractivity contribution in [2.24, 2.45) is 5.73 Å². The number of aromatic amines is 1. The van der Waals surface area contributed by atoms with Gasteiger partial charge in [-0.05, 0) is 29.8 Å². The van der Waals surface area contributed by atoms with Crippen LogP contribution < -0.4 is 5.73 Å². The number of fused-ring (bicyclic) bond motifs is 2. The molecule has 3 heteroatoms. The van der Waals surface area contributed by atoms with Crippen molar-refractivity contribution in [1.82, 2.24) is 9.97 Å². The van der Waals surface area contributed by atoms with Crippen molar-refractivity contribution in [1.29, 1.82) is 0 Å². The molecule has 3 nitrogen and oxygen atoms in total. The van der Waals surface area contributed by atoms with Crippen LogP contribution in [0.25, 0.3) is 21.8 Å². The lowest BCUT2D eigenvalue weighted by atomic mass is 10.1. The Labute approximate surface area is 93.3 Å². The van der Waals surface area contributed by atoms with Crippen LogP contribution in [0.3, 0.4) is 0 Å². The Kier molecular flexibility index (Phi) is 1.94. The summed E-state index contributed by atoms with van der Waals surface area (Å²) in [7, 11) is 0. The van der Waals surface area contributed by atoms with E-state index in [2.05, 4.69) is 34.2 Å². The molecule has 16 heavy (non-hydrogen) atoms. The molecule has 2 aromatic carbocycles. The van der Waals surface area contributed by atoms with E-state index in [0.717, 1.165) is 16.9 Å². The van der Waals surface area contributed by atoms with Crippen molar-refractivity contribution >= 4 is 21.8 Å². The van der Waals surface area contributed by atoms with E-state index in [4.69, 9.17) is 5.73 Å². The highest BCUT2D eigenvalue weighted by Crippen LogP contribution is 2.22. The Morgan fingerprint density at radius 1 is 1.19 bits per heavy atom. The topological polar surface area (TPSA) is 54.7 Å². The Morgan fingerprint density at radius 3 is 2.56 bits per heavy atom. The number of H-pyrrole nitrogens is 1. The fourth-order valence-electron chi connectivity index (χ4n) is 1.93. The van der Waals surface area contributed by atoms with Crippen LogP contribution in [-0.4, -0.2) is 9.97 Å². The fraction of sp³-hybridized carbons (Fsp3) is 0.154. The molecule has 0 radical (unpaired) electrons. The summed E-state index contributed by atoms with van der Waals surface area (Å²) in [4.78, 5) is 7.73. The largest absolute Gasteiger partial charge is 0.341 e. The highest BCUT2D eigenvalue weighted by molar-refractivity contribution is 5.95. The van der Waals surface area contributed by atoms with Gasteiger partial charge in [-0.1, -0.05) is 24.3 Å². The van der Waals surface area contributed by atoms with Crippen molar-refractivity contribution in [3.8, 4) is 0 Å². The van der Waals surface area contributed by atoms with Gasteiger partial charge in [0.05, 0.1) is 17.1 Å². The van der Waals surface area contributed by atoms with Gasteiger partial charge in [0.15, 0.2) is 0 Å². The molecule has 1 heterocycles. The van der Waals surface area contributed by atoms with Crippen molar-refractivity contribution in [3.63, 3.8) is 0 Å². The minimum Gasteiger partial charge on any atom is -0.341 e. The van der Waals surface area contributed by atoms with Gasteiger partial charge in [0, 0.05) is 0 Å². The number of hydrogen-bond acceptors (Lipinski definition) is 2. The molecule has 0 aliphatic carbocycles. The summed E-state index contributed by atoms with van der Waals surface area (Å²) < 4.78 is 0. The van der Waals surface area contributed by atoms with Crippen molar-refractivity contribution in [2.75, 3.05) is 0 Å². The number of nitrogens with zero attached hydrogens (tertiary/aromatic N) is 1. The van der Waals surface area contributed by atoms with E-state index in [-0.39, 0.29) is 6.04 Å². The quantitative estimate of drug-likeness (QED) is 0.650. The maximum absolute atomic E-state index is 5.81. The summed E-state index contributed by atoms with van der Waals surface area (Å²) in [5.74, 6) is 0.838. The molecule has 0 unspecified atom stereocenters. The third kappa shape index (κ3) is 1.37. The molecule has 3 N–H and O–H groups in total. The number of imidazole rings is 1. The number of hydrogen-bond donors (Lipinski definition) is 2. The van der Waals surface area contributed by atoms with Gasteiger partial charge < -0.3 is 10.7 Å². The second-order valence-corrected chi connectivity index (χ2v) is 4.13. The van der Waals surface area contributed by atoms with E-state index in [0.29, 0.717) is 0 Å². The number of benzene rings is 2. The summed E-state index contributed by atoms with van der Waals surface area (Å²) in [6, 6.07) is 12.4. The lowest BCUT2D eigenvalue weighted by Gasteiger charge is -1.96. The third-order valence-corrected chi connectivity index (χ3v) is 2.80.